The van der Waals surface area contributed by atoms with Gasteiger partial charge in [0, 0.05) is 83.1 Å². The molecule has 0 fully saturated rings. The Bertz CT molecular complexity index is 5000. The van der Waals surface area contributed by atoms with E-state index in [1.807, 2.05) is 121 Å². The van der Waals surface area contributed by atoms with Gasteiger partial charge in [-0.2, -0.15) is 0 Å². The molecule has 11 heteroatoms. The molecule has 5 aromatic heterocycles. The predicted molar refractivity (Wildman–Crippen MR) is 342 cm³/mol. The van der Waals surface area contributed by atoms with Crippen LogP contribution in [0.4, 0.5) is 0 Å². The zero-order valence-corrected chi connectivity index (χ0v) is 45.8. The molecule has 5 heterocycles. The zero-order valence-electron chi connectivity index (χ0n) is 45.8. The van der Waals surface area contributed by atoms with Gasteiger partial charge >= 0.3 is 0 Å². The molecular weight excluding hydrogens is 1040 g/mol. The number of hydrogen-bond acceptors (Lipinski definition) is 8. The van der Waals surface area contributed by atoms with Crippen LogP contribution in [-0.2, 0) is 0 Å². The van der Waals surface area contributed by atoms with Gasteiger partial charge in [0.2, 0.25) is 0 Å². The van der Waals surface area contributed by atoms with Crippen LogP contribution in [0, 0.1) is 0 Å². The molecule has 85 heavy (non-hydrogen) atoms. The Kier molecular flexibility index (Phi) is 12.0. The molecule has 0 saturated heterocycles. The summed E-state index contributed by atoms with van der Waals surface area (Å²) in [6.45, 7) is 0. The van der Waals surface area contributed by atoms with Gasteiger partial charge in [0.1, 0.15) is 0 Å². The van der Waals surface area contributed by atoms with Crippen molar-refractivity contribution in [3.8, 4) is 102 Å². The summed E-state index contributed by atoms with van der Waals surface area (Å²) < 4.78 is 6.89. The van der Waals surface area contributed by atoms with Gasteiger partial charge in [0.05, 0.1) is 22.1 Å². The highest BCUT2D eigenvalue weighted by Crippen LogP contribution is 2.40. The summed E-state index contributed by atoms with van der Waals surface area (Å²) in [5.41, 5.74) is 14.6. The first-order chi connectivity index (χ1) is 42.1. The highest BCUT2D eigenvalue weighted by atomic mass is 15.3. The summed E-state index contributed by atoms with van der Waals surface area (Å²) in [6.07, 6.45) is 8.60. The molecule has 1 aliphatic rings. The van der Waals surface area contributed by atoms with Crippen molar-refractivity contribution in [1.82, 2.24) is 53.8 Å². The normalized spacial score (nSPS) is 12.4. The highest BCUT2D eigenvalue weighted by molar-refractivity contribution is 6.11. The Balaban J connectivity index is 0.810. The number of rotatable bonds is 11. The van der Waals surface area contributed by atoms with Crippen molar-refractivity contribution in [1.29, 1.82) is 0 Å². The highest BCUT2D eigenvalue weighted by Gasteiger charge is 2.24. The minimum absolute atomic E-state index is 0.592. The third-order valence-electron chi connectivity index (χ3n) is 15.9. The lowest BCUT2D eigenvalue weighted by molar-refractivity contribution is 1.00. The zero-order chi connectivity index (χ0) is 56.2. The largest absolute Gasteiger partial charge is 0.309 e. The second-order valence-electron chi connectivity index (χ2n) is 21.1. The minimum atomic E-state index is 0.592. The molecule has 0 saturated carbocycles. The molecule has 11 nitrogen and oxygen atoms in total. The molecule has 16 rings (SSSR count). The van der Waals surface area contributed by atoms with E-state index in [2.05, 4.69) is 165 Å². The summed E-state index contributed by atoms with van der Waals surface area (Å²) in [7, 11) is 0. The molecule has 400 valence electrons. The molecule has 0 radical (unpaired) electrons. The van der Waals surface area contributed by atoms with Crippen LogP contribution in [0.25, 0.3) is 152 Å². The molecule has 0 unspecified atom stereocenters. The maximum atomic E-state index is 5.10. The predicted octanol–water partition coefficient (Wildman–Crippen LogP) is 17.4. The maximum Gasteiger partial charge on any atom is 0.168 e. The van der Waals surface area contributed by atoms with E-state index in [0.717, 1.165) is 130 Å². The summed E-state index contributed by atoms with van der Waals surface area (Å²) in [4.78, 5) is 30.3. The van der Waals surface area contributed by atoms with Crippen LogP contribution in [0.2, 0.25) is 0 Å². The third kappa shape index (κ3) is 8.86. The van der Waals surface area contributed by atoms with Gasteiger partial charge in [-0.1, -0.05) is 206 Å². The third-order valence-corrected chi connectivity index (χ3v) is 15.9. The minimum Gasteiger partial charge on any atom is -0.309 e. The van der Waals surface area contributed by atoms with E-state index in [-0.39, 0.29) is 0 Å². The quantitative estimate of drug-likeness (QED) is 0.126. The van der Waals surface area contributed by atoms with Crippen molar-refractivity contribution in [3.05, 3.63) is 273 Å². The number of para-hydroxylation sites is 2. The van der Waals surface area contributed by atoms with E-state index in [4.69, 9.17) is 40.1 Å². The molecule has 0 spiro atoms. The summed E-state index contributed by atoms with van der Waals surface area (Å²) in [5.74, 6) is 5.16. The second-order valence-corrected chi connectivity index (χ2v) is 21.1. The molecular formula is C74H49N11. The molecule has 10 aromatic carbocycles. The van der Waals surface area contributed by atoms with Gasteiger partial charge in [-0.25, -0.2) is 29.9 Å². The van der Waals surface area contributed by atoms with Gasteiger partial charge in [-0.05, 0) is 79.6 Å². The first-order valence-corrected chi connectivity index (χ1v) is 28.5. The van der Waals surface area contributed by atoms with E-state index in [9.17, 15) is 0 Å². The second kappa shape index (κ2) is 20.8. The maximum absolute atomic E-state index is 5.10. The van der Waals surface area contributed by atoms with Crippen LogP contribution >= 0.6 is 0 Å². The average molecular weight is 1090 g/mol. The van der Waals surface area contributed by atoms with Crippen LogP contribution in [0.1, 0.15) is 12.8 Å². The van der Waals surface area contributed by atoms with Crippen LogP contribution in [0.3, 0.4) is 0 Å². The van der Waals surface area contributed by atoms with Crippen molar-refractivity contribution < 1.29 is 0 Å². The fourth-order valence-corrected chi connectivity index (χ4v) is 11.9. The fourth-order valence-electron chi connectivity index (χ4n) is 11.9. The Morgan fingerprint density at radius 1 is 0.259 bits per heavy atom. The van der Waals surface area contributed by atoms with E-state index < -0.39 is 0 Å². The van der Waals surface area contributed by atoms with E-state index in [1.54, 1.807) is 0 Å². The number of nitrogens with zero attached hydrogens (tertiary/aromatic N) is 11. The van der Waals surface area contributed by atoms with Crippen molar-refractivity contribution >= 4 is 49.3 Å². The Morgan fingerprint density at radius 3 is 1.13 bits per heavy atom. The van der Waals surface area contributed by atoms with Crippen molar-refractivity contribution in [2.75, 3.05) is 0 Å². The molecule has 0 amide bonds. The standard InChI is InChI=1S/C74H49N11/c1-6-22-48(23-7-1)67-75-68(49-24-8-2-9-25-49)78-71(77-67)52-30-20-34-57(44-52)83-64-39-19-17-37-60(64)62-46-54(41-43-65(62)83)73-81-82-74(85(73)56-32-14-5-15-33-56)55-40-42-61-59-36-16-18-38-63(59)84(66(61)47-55)58-35-21-31-53(45-58)72-79-69(50-26-10-3-11-27-50)76-70(80-72)51-28-12-4-13-29-51/h1-4,6-14,16-47H,5,15H2. The lowest BCUT2D eigenvalue weighted by Gasteiger charge is -2.15. The van der Waals surface area contributed by atoms with Gasteiger partial charge in [0.15, 0.2) is 46.6 Å². The SMILES string of the molecule is C1=CC(n2c(-c3ccc4c(c3)c3ccccc3n4-c3cccc(-c4nc(-c5ccccc5)nc(-c5ccccc5)n4)c3)nnc2-c2ccc3c4ccccc4n(-c4cccc(-c5nc(-c6ccccc6)nc(-c6ccccc6)n5)c4)c3c2)=CCC1. The molecule has 0 N–H and O–H groups in total. The molecule has 0 aliphatic heterocycles. The van der Waals surface area contributed by atoms with Crippen molar-refractivity contribution in [2.45, 2.75) is 12.8 Å². The summed E-state index contributed by atoms with van der Waals surface area (Å²) >= 11 is 0. The summed E-state index contributed by atoms with van der Waals surface area (Å²) in [5, 5.41) is 14.7. The molecule has 0 bridgehead atoms. The van der Waals surface area contributed by atoms with E-state index >= 15 is 0 Å². The van der Waals surface area contributed by atoms with Gasteiger partial charge in [0.25, 0.3) is 0 Å². The van der Waals surface area contributed by atoms with Crippen molar-refractivity contribution in [2.24, 2.45) is 0 Å². The fraction of sp³-hybridized carbons (Fsp3) is 0.0270. The van der Waals surface area contributed by atoms with Crippen LogP contribution < -0.4 is 0 Å². The first-order valence-electron chi connectivity index (χ1n) is 28.5. The van der Waals surface area contributed by atoms with Gasteiger partial charge in [-0.3, -0.25) is 4.57 Å². The number of aromatic nitrogens is 11. The lowest BCUT2D eigenvalue weighted by atomic mass is 10.1. The molecule has 1 aliphatic carbocycles. The Morgan fingerprint density at radius 2 is 0.647 bits per heavy atom. The van der Waals surface area contributed by atoms with E-state index in [0.29, 0.717) is 34.9 Å². The van der Waals surface area contributed by atoms with Crippen LogP contribution in [0.15, 0.2) is 273 Å². The van der Waals surface area contributed by atoms with Crippen molar-refractivity contribution in [3.63, 3.8) is 0 Å². The van der Waals surface area contributed by atoms with E-state index in [1.165, 1.54) is 0 Å². The number of fused-ring (bicyclic) bond motifs is 6. The number of benzene rings is 10. The smallest absolute Gasteiger partial charge is 0.168 e. The summed E-state index contributed by atoms with van der Waals surface area (Å²) in [6, 6.07) is 87.8. The van der Waals surface area contributed by atoms with Gasteiger partial charge in [-0.15, -0.1) is 10.2 Å². The number of hydrogen-bond donors (Lipinski definition) is 0. The first kappa shape index (κ1) is 49.3. The topological polar surface area (TPSA) is 118 Å². The monoisotopic (exact) mass is 1090 g/mol. The lowest BCUT2D eigenvalue weighted by Crippen LogP contribution is -2.03. The average Bonchev–Trinajstić information content (AvgIpc) is 3.51. The molecule has 15 aromatic rings. The molecule has 0 atom stereocenters. The Labute approximate surface area is 489 Å². The number of allylic oxidation sites excluding steroid dienone is 4. The Hall–Kier alpha value is -11.6. The van der Waals surface area contributed by atoms with Crippen LogP contribution in [0.5, 0.6) is 0 Å². The van der Waals surface area contributed by atoms with Gasteiger partial charge < -0.3 is 9.13 Å². The van der Waals surface area contributed by atoms with Crippen LogP contribution in [-0.4, -0.2) is 53.8 Å².